The Morgan fingerprint density at radius 3 is 1.06 bits per heavy atom. The highest BCUT2D eigenvalue weighted by Gasteiger charge is 2.45. The molecule has 3 aliphatic rings. The number of aliphatic hydroxyl groups is 9. The number of ketones is 1. The van der Waals surface area contributed by atoms with Crippen molar-refractivity contribution in [1.29, 1.82) is 0 Å². The van der Waals surface area contributed by atoms with Crippen LogP contribution in [0, 0.1) is 17.8 Å². The molecular weight excluding hydrogens is 1190 g/mol. The summed E-state index contributed by atoms with van der Waals surface area (Å²) in [7, 11) is 1.55. The van der Waals surface area contributed by atoms with Crippen LogP contribution in [0.3, 0.4) is 0 Å². The van der Waals surface area contributed by atoms with Gasteiger partial charge in [-0.1, -0.05) is 20.8 Å². The summed E-state index contributed by atoms with van der Waals surface area (Å²) in [4.78, 5) is 105. The van der Waals surface area contributed by atoms with Crippen molar-refractivity contribution in [3.8, 4) is 0 Å². The lowest BCUT2D eigenvalue weighted by Crippen LogP contribution is -2.55. The molecule has 3 fully saturated rings. The Morgan fingerprint density at radius 2 is 0.689 bits per heavy atom. The number of aliphatic hydroxyl groups excluding tert-OH is 9. The second kappa shape index (κ2) is 44.0. The summed E-state index contributed by atoms with van der Waals surface area (Å²) in [6.07, 6.45) is -11.7. The van der Waals surface area contributed by atoms with Crippen LogP contribution in [-0.2, 0) is 71.5 Å². The molecule has 7 amide bonds. The molecule has 0 radical (unpaired) electrons. The smallest absolute Gasteiger partial charge is 0.222 e. The number of unbranched alkanes of at least 4 members (excludes halogenated alkanes) is 1. The lowest BCUT2D eigenvalue weighted by Gasteiger charge is -2.40. The van der Waals surface area contributed by atoms with Crippen LogP contribution in [0.1, 0.15) is 136 Å². The molecule has 31 nitrogen and oxygen atoms in total. The number of ether oxygens (including phenoxy) is 7. The molecule has 0 aromatic carbocycles. The number of rotatable bonds is 46. The molecule has 3 heterocycles. The summed E-state index contributed by atoms with van der Waals surface area (Å²) in [5.41, 5.74) is -1.28. The van der Waals surface area contributed by atoms with Crippen LogP contribution < -0.4 is 37.2 Å². The predicted octanol–water partition coefficient (Wildman–Crippen LogP) is -3.95. The lowest BCUT2D eigenvalue weighted by atomic mass is 9.82. The van der Waals surface area contributed by atoms with Crippen molar-refractivity contribution in [3.05, 3.63) is 0 Å². The Kier molecular flexibility index (Phi) is 38.9. The molecule has 0 aliphatic carbocycles. The van der Waals surface area contributed by atoms with E-state index in [-0.39, 0.29) is 165 Å². The van der Waals surface area contributed by atoms with Crippen LogP contribution in [0.15, 0.2) is 0 Å². The SMILES string of the molecule is COCCCNC(=O)CCCC(=O)NC(CCC(=O)CCCCNC(=O)CCO[C@@H]1OC(CO)[C@H](O)C(O)[C@@H]1C)(CCC(=O)NCCCNC(=O)CCO[C@@H]1OC(CO)[C@H](O)C(O)[C@@H]1C)CCC(=O)NCCCNC(=O)CCO[C@@H]1OC(CO)[C@H](O)C(O)[C@@H]1C. The zero-order valence-electron chi connectivity index (χ0n) is 52.7. The van der Waals surface area contributed by atoms with Gasteiger partial charge in [0.25, 0.3) is 0 Å². The molecule has 0 aromatic heterocycles. The van der Waals surface area contributed by atoms with E-state index < -0.39 is 135 Å². The highest BCUT2D eigenvalue weighted by Crippen LogP contribution is 2.30. The topological polar surface area (TPSA) is 467 Å². The third kappa shape index (κ3) is 29.5. The molecule has 0 aromatic rings. The molecule has 3 aliphatic heterocycles. The summed E-state index contributed by atoms with van der Waals surface area (Å²) in [6, 6.07) is 0. The lowest BCUT2D eigenvalue weighted by molar-refractivity contribution is -0.282. The highest BCUT2D eigenvalue weighted by molar-refractivity contribution is 5.82. The molecule has 3 rings (SSSR count). The summed E-state index contributed by atoms with van der Waals surface area (Å²) < 4.78 is 38.5. The molecule has 90 heavy (non-hydrogen) atoms. The number of hydrogen-bond donors (Lipinski definition) is 16. The average Bonchev–Trinajstić information content (AvgIpc) is 1.14. The fourth-order valence-electron chi connectivity index (χ4n) is 10.3. The van der Waals surface area contributed by atoms with Crippen molar-refractivity contribution in [2.75, 3.05) is 92.6 Å². The molecule has 0 spiro atoms. The first kappa shape index (κ1) is 79.6. The summed E-state index contributed by atoms with van der Waals surface area (Å²) in [5.74, 6) is -4.70. The van der Waals surface area contributed by atoms with Gasteiger partial charge in [-0.05, 0) is 57.8 Å². The maximum Gasteiger partial charge on any atom is 0.222 e. The monoisotopic (exact) mass is 1300 g/mol. The van der Waals surface area contributed by atoms with E-state index in [2.05, 4.69) is 37.2 Å². The second-order valence-electron chi connectivity index (χ2n) is 23.4. The third-order valence-electron chi connectivity index (χ3n) is 16.2. The summed E-state index contributed by atoms with van der Waals surface area (Å²) in [5, 5.41) is 109. The fraction of sp³-hybridized carbons (Fsp3) is 0.864. The summed E-state index contributed by atoms with van der Waals surface area (Å²) >= 11 is 0. The van der Waals surface area contributed by atoms with E-state index in [9.17, 15) is 84.3 Å². The van der Waals surface area contributed by atoms with Crippen LogP contribution in [0.4, 0.5) is 0 Å². The molecular formula is C59H105N7O24. The van der Waals surface area contributed by atoms with Crippen molar-refractivity contribution < 1.29 is 117 Å². The van der Waals surface area contributed by atoms with Crippen molar-refractivity contribution >= 4 is 47.1 Å². The Bertz CT molecular complexity index is 1940. The van der Waals surface area contributed by atoms with E-state index in [1.54, 1.807) is 27.9 Å². The van der Waals surface area contributed by atoms with Crippen molar-refractivity contribution in [3.63, 3.8) is 0 Å². The first-order chi connectivity index (χ1) is 43.0. The predicted molar refractivity (Wildman–Crippen MR) is 318 cm³/mol. The molecule has 0 saturated carbocycles. The summed E-state index contributed by atoms with van der Waals surface area (Å²) in [6.45, 7) is 4.72. The largest absolute Gasteiger partial charge is 0.394 e. The average molecular weight is 1300 g/mol. The molecule has 6 unspecified atom stereocenters. The normalized spacial score (nSPS) is 27.4. The molecule has 15 atom stereocenters. The van der Waals surface area contributed by atoms with Gasteiger partial charge in [0, 0.05) is 115 Å². The molecule has 520 valence electrons. The molecule has 3 saturated heterocycles. The van der Waals surface area contributed by atoms with E-state index in [4.69, 9.17) is 33.2 Å². The number of methoxy groups -OCH3 is 1. The third-order valence-corrected chi connectivity index (χ3v) is 16.2. The van der Waals surface area contributed by atoms with E-state index in [1.807, 2.05) is 0 Å². The van der Waals surface area contributed by atoms with Crippen LogP contribution in [-0.4, -0.2) is 265 Å². The minimum absolute atomic E-state index is 0.00161. The van der Waals surface area contributed by atoms with Gasteiger partial charge in [-0.25, -0.2) is 0 Å². The fourth-order valence-corrected chi connectivity index (χ4v) is 10.3. The minimum atomic E-state index is -1.30. The van der Waals surface area contributed by atoms with Gasteiger partial charge in [-0.2, -0.15) is 0 Å². The van der Waals surface area contributed by atoms with E-state index in [0.29, 0.717) is 45.3 Å². The van der Waals surface area contributed by atoms with Crippen LogP contribution in [0.2, 0.25) is 0 Å². The molecule has 31 heteroatoms. The number of nitrogens with one attached hydrogen (secondary N) is 7. The minimum Gasteiger partial charge on any atom is -0.394 e. The Labute approximate surface area is 526 Å². The van der Waals surface area contributed by atoms with Gasteiger partial charge in [0.05, 0.1) is 77.2 Å². The maximum absolute atomic E-state index is 13.8. The number of hydrogen-bond acceptors (Lipinski definition) is 24. The van der Waals surface area contributed by atoms with Gasteiger partial charge in [0.1, 0.15) is 42.4 Å². The Balaban J connectivity index is 1.61. The van der Waals surface area contributed by atoms with Gasteiger partial charge in [0.15, 0.2) is 18.9 Å². The number of carbonyl (C=O) groups is 8. The van der Waals surface area contributed by atoms with E-state index in [0.717, 1.165) is 0 Å². The first-order valence-corrected chi connectivity index (χ1v) is 31.6. The number of amides is 7. The van der Waals surface area contributed by atoms with Crippen molar-refractivity contribution in [2.45, 2.75) is 216 Å². The van der Waals surface area contributed by atoms with Gasteiger partial charge >= 0.3 is 0 Å². The van der Waals surface area contributed by atoms with Gasteiger partial charge < -0.3 is 116 Å². The quantitative estimate of drug-likeness (QED) is 0.0259. The first-order valence-electron chi connectivity index (χ1n) is 31.6. The maximum atomic E-state index is 13.8. The Morgan fingerprint density at radius 1 is 0.367 bits per heavy atom. The number of Topliss-reactive ketones (excluding diaryl/α,β-unsaturated/α-hetero) is 1. The van der Waals surface area contributed by atoms with Crippen LogP contribution >= 0.6 is 0 Å². The number of carbonyl (C=O) groups excluding carboxylic acids is 8. The van der Waals surface area contributed by atoms with Crippen LogP contribution in [0.25, 0.3) is 0 Å². The zero-order valence-corrected chi connectivity index (χ0v) is 52.7. The van der Waals surface area contributed by atoms with Crippen molar-refractivity contribution in [2.24, 2.45) is 17.8 Å². The van der Waals surface area contributed by atoms with Crippen LogP contribution in [0.5, 0.6) is 0 Å². The molecule has 16 N–H and O–H groups in total. The van der Waals surface area contributed by atoms with Crippen molar-refractivity contribution in [1.82, 2.24) is 37.2 Å². The highest BCUT2D eigenvalue weighted by atomic mass is 16.7. The zero-order chi connectivity index (χ0) is 66.6. The van der Waals surface area contributed by atoms with Gasteiger partial charge in [-0.15, -0.1) is 0 Å². The van der Waals surface area contributed by atoms with E-state index >= 15 is 0 Å². The van der Waals surface area contributed by atoms with Gasteiger partial charge in [-0.3, -0.25) is 38.4 Å². The van der Waals surface area contributed by atoms with E-state index in [1.165, 1.54) is 0 Å². The molecule has 0 bridgehead atoms. The van der Waals surface area contributed by atoms with Gasteiger partial charge in [0.2, 0.25) is 41.4 Å². The second-order valence-corrected chi connectivity index (χ2v) is 23.4. The standard InChI is InChI=1S/C59H105N7O24/c1-36-50(78)53(81)40(33-67)88-56(36)85-30-17-46(74)60-23-6-5-11-39(70)14-20-59(66-49(77)13-7-12-43(71)65-28-10-29-84-4,21-15-44(72)61-24-8-26-63-47(75)18-31-86-57-37(2)51(79)54(82)41(34-68)89-57)22-16-45(73)62-25-9-27-64-48(76)19-32-87-58-38(3)52(80)55(83)42(35-69)90-58/h36-38,40-42,50-58,67-69,78-83H,5-35H2,1-4H3,(H,60,74)(H,61,72)(H,62,73)(H,63,75)(H,64,76)(H,65,71)(H,66,77)/t36-,37-,38-,40?,41?,42?,50?,51?,52?,53-,54-,55-,56+,57+,58+,59?/m0/s1. The Hall–Kier alpha value is -4.68.